The SMILES string of the molecule is CC(C)(C)SC[C@@H](NC(=O)CCCCNc1ccccn1)C(=O)NC(CC(=O)O)c1ccc(-c2ccccc2)cc1.O=C(O)C(F)(F)F. The highest BCUT2D eigenvalue weighted by Gasteiger charge is 2.38. The van der Waals surface area contributed by atoms with Crippen LogP contribution < -0.4 is 16.0 Å². The number of halogens is 3. The number of carbonyl (C=O) groups excluding carboxylic acids is 2. The molecule has 2 atom stereocenters. The molecule has 2 amide bonds. The van der Waals surface area contributed by atoms with Crippen molar-refractivity contribution in [2.75, 3.05) is 17.6 Å². The van der Waals surface area contributed by atoms with Crippen LogP contribution in [0.25, 0.3) is 11.1 Å². The number of hydrogen-bond acceptors (Lipinski definition) is 7. The summed E-state index contributed by atoms with van der Waals surface area (Å²) in [7, 11) is 0. The summed E-state index contributed by atoms with van der Waals surface area (Å²) in [5.41, 5.74) is 2.73. The van der Waals surface area contributed by atoms with Crippen molar-refractivity contribution in [2.24, 2.45) is 0 Å². The summed E-state index contributed by atoms with van der Waals surface area (Å²) >= 11 is 1.57. The van der Waals surface area contributed by atoms with E-state index in [4.69, 9.17) is 9.90 Å². The van der Waals surface area contributed by atoms with E-state index in [2.05, 4.69) is 20.9 Å². The number of carboxylic acid groups (broad SMARTS) is 2. The molecular formula is C34H41F3N4O6S. The van der Waals surface area contributed by atoms with Gasteiger partial charge in [-0.2, -0.15) is 24.9 Å². The Bertz CT molecular complexity index is 1450. The molecule has 1 unspecified atom stereocenters. The number of aromatic nitrogens is 1. The van der Waals surface area contributed by atoms with Crippen LogP contribution in [0.2, 0.25) is 0 Å². The molecule has 0 spiro atoms. The molecule has 0 aliphatic carbocycles. The summed E-state index contributed by atoms with van der Waals surface area (Å²) in [4.78, 5) is 51.0. The number of nitrogens with zero attached hydrogens (tertiary/aromatic N) is 1. The van der Waals surface area contributed by atoms with Crippen LogP contribution >= 0.6 is 11.8 Å². The number of benzene rings is 2. The fourth-order valence-corrected chi connectivity index (χ4v) is 5.02. The highest BCUT2D eigenvalue weighted by atomic mass is 32.2. The van der Waals surface area contributed by atoms with E-state index >= 15 is 0 Å². The summed E-state index contributed by atoms with van der Waals surface area (Å²) in [5, 5.41) is 25.7. The molecule has 48 heavy (non-hydrogen) atoms. The lowest BCUT2D eigenvalue weighted by atomic mass is 9.99. The van der Waals surface area contributed by atoms with Crippen molar-refractivity contribution < 1.29 is 42.6 Å². The third kappa shape index (κ3) is 15.8. The number of carboxylic acids is 2. The molecule has 1 aromatic heterocycles. The van der Waals surface area contributed by atoms with Crippen molar-refractivity contribution >= 4 is 41.3 Å². The van der Waals surface area contributed by atoms with Crippen molar-refractivity contribution in [3.63, 3.8) is 0 Å². The molecule has 1 heterocycles. The summed E-state index contributed by atoms with van der Waals surface area (Å²) in [6.07, 6.45) is -1.92. The van der Waals surface area contributed by atoms with Gasteiger partial charge < -0.3 is 26.2 Å². The zero-order valence-electron chi connectivity index (χ0n) is 26.9. The topological polar surface area (TPSA) is 158 Å². The van der Waals surface area contributed by atoms with Gasteiger partial charge in [0.15, 0.2) is 0 Å². The van der Waals surface area contributed by atoms with Gasteiger partial charge in [0.1, 0.15) is 11.9 Å². The zero-order valence-corrected chi connectivity index (χ0v) is 27.7. The van der Waals surface area contributed by atoms with E-state index in [-0.39, 0.29) is 23.5 Å². The van der Waals surface area contributed by atoms with E-state index in [1.807, 2.05) is 93.6 Å². The van der Waals surface area contributed by atoms with Crippen molar-refractivity contribution in [1.82, 2.24) is 15.6 Å². The predicted molar refractivity (Wildman–Crippen MR) is 179 cm³/mol. The number of rotatable bonds is 15. The minimum Gasteiger partial charge on any atom is -0.481 e. The Morgan fingerprint density at radius 2 is 1.44 bits per heavy atom. The number of amides is 2. The lowest BCUT2D eigenvalue weighted by Gasteiger charge is -2.26. The molecule has 0 saturated heterocycles. The number of alkyl halides is 3. The lowest BCUT2D eigenvalue weighted by molar-refractivity contribution is -0.192. The Kier molecular flexibility index (Phi) is 15.9. The minimum atomic E-state index is -5.08. The number of thioether (sulfide) groups is 1. The first-order valence-corrected chi connectivity index (χ1v) is 16.1. The Morgan fingerprint density at radius 1 is 0.833 bits per heavy atom. The average molecular weight is 691 g/mol. The van der Waals surface area contributed by atoms with E-state index in [9.17, 15) is 32.7 Å². The molecule has 3 rings (SSSR count). The maximum Gasteiger partial charge on any atom is 0.490 e. The highest BCUT2D eigenvalue weighted by Crippen LogP contribution is 2.26. The third-order valence-corrected chi connectivity index (χ3v) is 7.86. The van der Waals surface area contributed by atoms with Gasteiger partial charge in [0.25, 0.3) is 0 Å². The number of aliphatic carboxylic acids is 2. The molecule has 0 radical (unpaired) electrons. The van der Waals surface area contributed by atoms with Crippen LogP contribution in [0.1, 0.15) is 58.1 Å². The molecular weight excluding hydrogens is 649 g/mol. The van der Waals surface area contributed by atoms with Crippen LogP contribution in [0.4, 0.5) is 19.0 Å². The number of hydrogen-bond donors (Lipinski definition) is 5. The standard InChI is InChI=1S/C32H40N4O4S.C2HF3O2/c1-32(2,3)41-22-27(35-29(37)14-8-10-20-34-28-13-7-9-19-33-28)31(40)36-26(21-30(38)39)25-17-15-24(16-18-25)23-11-5-4-6-12-23;3-2(4,5)1(6)7/h4-7,9,11-13,15-19,26-27H,8,10,14,20-22H2,1-3H3,(H,33,34)(H,35,37)(H,36,40)(H,38,39);(H,6,7)/t26?,27-;/m1./s1. The monoisotopic (exact) mass is 690 g/mol. The van der Waals surface area contributed by atoms with Gasteiger partial charge in [-0.1, -0.05) is 81.4 Å². The van der Waals surface area contributed by atoms with Crippen LogP contribution in [0.15, 0.2) is 79.0 Å². The average Bonchev–Trinajstić information content (AvgIpc) is 3.02. The van der Waals surface area contributed by atoms with Crippen molar-refractivity contribution in [2.45, 2.75) is 69.5 Å². The number of anilines is 1. The number of pyridine rings is 1. The molecule has 2 aromatic carbocycles. The van der Waals surface area contributed by atoms with E-state index in [1.165, 1.54) is 0 Å². The molecule has 0 fully saturated rings. The van der Waals surface area contributed by atoms with Gasteiger partial charge in [0, 0.05) is 29.7 Å². The molecule has 14 heteroatoms. The highest BCUT2D eigenvalue weighted by molar-refractivity contribution is 8.00. The van der Waals surface area contributed by atoms with E-state index in [1.54, 1.807) is 18.0 Å². The van der Waals surface area contributed by atoms with Crippen LogP contribution in [-0.2, 0) is 19.2 Å². The zero-order chi connectivity index (χ0) is 35.7. The molecule has 0 saturated carbocycles. The van der Waals surface area contributed by atoms with E-state index in [0.717, 1.165) is 23.4 Å². The number of nitrogens with one attached hydrogen (secondary N) is 3. The van der Waals surface area contributed by atoms with Crippen molar-refractivity contribution in [3.05, 3.63) is 84.6 Å². The first kappa shape index (κ1) is 39.6. The van der Waals surface area contributed by atoms with Gasteiger partial charge in [-0.25, -0.2) is 9.78 Å². The third-order valence-electron chi connectivity index (χ3n) is 6.49. The molecule has 0 aliphatic rings. The second-order valence-electron chi connectivity index (χ2n) is 11.6. The predicted octanol–water partition coefficient (Wildman–Crippen LogP) is 6.31. The number of unbranched alkanes of at least 4 members (excludes halogenated alkanes) is 1. The van der Waals surface area contributed by atoms with Crippen LogP contribution in [0.3, 0.4) is 0 Å². The van der Waals surface area contributed by atoms with E-state index < -0.39 is 36.1 Å². The van der Waals surface area contributed by atoms with Gasteiger partial charge in [-0.15, -0.1) is 0 Å². The molecule has 0 aliphatic heterocycles. The Morgan fingerprint density at radius 3 is 1.98 bits per heavy atom. The fraction of sp³-hybridized carbons (Fsp3) is 0.382. The van der Waals surface area contributed by atoms with Gasteiger partial charge in [0.2, 0.25) is 11.8 Å². The van der Waals surface area contributed by atoms with Crippen molar-refractivity contribution in [1.29, 1.82) is 0 Å². The first-order chi connectivity index (χ1) is 22.5. The molecule has 260 valence electrons. The van der Waals surface area contributed by atoms with Crippen LogP contribution in [-0.4, -0.2) is 68.2 Å². The smallest absolute Gasteiger partial charge is 0.481 e. The second-order valence-corrected chi connectivity index (χ2v) is 13.4. The van der Waals surface area contributed by atoms with Gasteiger partial charge in [0.05, 0.1) is 12.5 Å². The Labute approximate surface area is 281 Å². The Hall–Kier alpha value is -4.59. The van der Waals surface area contributed by atoms with Gasteiger partial charge in [-0.3, -0.25) is 14.4 Å². The minimum absolute atomic E-state index is 0.117. The van der Waals surface area contributed by atoms with E-state index in [0.29, 0.717) is 24.3 Å². The quantitative estimate of drug-likeness (QED) is 0.115. The second kappa shape index (κ2) is 19.3. The largest absolute Gasteiger partial charge is 0.490 e. The summed E-state index contributed by atoms with van der Waals surface area (Å²) in [5.74, 6) is -3.23. The van der Waals surface area contributed by atoms with Gasteiger partial charge in [-0.05, 0) is 41.7 Å². The van der Waals surface area contributed by atoms with Crippen molar-refractivity contribution in [3.8, 4) is 11.1 Å². The summed E-state index contributed by atoms with van der Waals surface area (Å²) in [6, 6.07) is 21.5. The fourth-order valence-electron chi connectivity index (χ4n) is 4.11. The lowest BCUT2D eigenvalue weighted by Crippen LogP contribution is -2.49. The maximum absolute atomic E-state index is 13.4. The maximum atomic E-state index is 13.4. The summed E-state index contributed by atoms with van der Waals surface area (Å²) < 4.78 is 31.6. The molecule has 0 bridgehead atoms. The molecule has 5 N–H and O–H groups in total. The molecule has 3 aromatic rings. The Balaban J connectivity index is 0.00000103. The number of carbonyl (C=O) groups is 4. The normalized spacial score (nSPS) is 12.5. The molecule has 10 nitrogen and oxygen atoms in total. The summed E-state index contributed by atoms with van der Waals surface area (Å²) in [6.45, 7) is 6.83. The van der Waals surface area contributed by atoms with Crippen LogP contribution in [0.5, 0.6) is 0 Å². The van der Waals surface area contributed by atoms with Gasteiger partial charge >= 0.3 is 18.1 Å². The first-order valence-electron chi connectivity index (χ1n) is 15.1. The van der Waals surface area contributed by atoms with Crippen LogP contribution in [0, 0.1) is 0 Å².